The maximum absolute atomic E-state index is 13.5. The van der Waals surface area contributed by atoms with E-state index in [-0.39, 0.29) is 5.11 Å². The monoisotopic (exact) mass is 322 g/mol. The Morgan fingerprint density at radius 1 is 1.09 bits per heavy atom. The topological polar surface area (TPSA) is 50.4 Å². The zero-order chi connectivity index (χ0) is 16.1. The molecule has 2 aromatic rings. The molecule has 0 aliphatic rings. The minimum absolute atomic E-state index is 0.0715. The number of carbonyl (C=O) groups is 1. The Morgan fingerprint density at radius 2 is 1.68 bits per heavy atom. The second kappa shape index (κ2) is 6.95. The van der Waals surface area contributed by atoms with E-state index in [9.17, 15) is 13.6 Å². The molecule has 114 valence electrons. The Morgan fingerprint density at radius 3 is 2.23 bits per heavy atom. The fourth-order valence-electron chi connectivity index (χ4n) is 1.72. The van der Waals surface area contributed by atoms with Crippen molar-refractivity contribution in [2.45, 2.75) is 0 Å². The molecular weight excluding hydrogens is 310 g/mol. The molecule has 2 aromatic carbocycles. The fraction of sp³-hybridized carbons (Fsp3) is 0.0667. The number of ether oxygens (including phenoxy) is 1. The second-order valence-electron chi connectivity index (χ2n) is 4.23. The number of thiocarbonyl (C=S) groups is 1. The van der Waals surface area contributed by atoms with E-state index < -0.39 is 23.1 Å². The first-order valence-electron chi connectivity index (χ1n) is 6.21. The number of hydrogen-bond acceptors (Lipinski definition) is 3. The molecule has 0 radical (unpaired) electrons. The van der Waals surface area contributed by atoms with Gasteiger partial charge in [0.25, 0.3) is 5.91 Å². The summed E-state index contributed by atoms with van der Waals surface area (Å²) in [7, 11) is 1.54. The molecule has 2 rings (SSSR count). The van der Waals surface area contributed by atoms with Gasteiger partial charge in [0.2, 0.25) is 0 Å². The van der Waals surface area contributed by atoms with Gasteiger partial charge in [0.1, 0.15) is 22.9 Å². The molecule has 0 atom stereocenters. The van der Waals surface area contributed by atoms with Crippen LogP contribution in [0.4, 0.5) is 14.5 Å². The average molecular weight is 322 g/mol. The van der Waals surface area contributed by atoms with Crippen molar-refractivity contribution in [1.82, 2.24) is 5.32 Å². The minimum atomic E-state index is -0.957. The van der Waals surface area contributed by atoms with Crippen molar-refractivity contribution < 1.29 is 18.3 Å². The van der Waals surface area contributed by atoms with Crippen LogP contribution >= 0.6 is 12.2 Å². The van der Waals surface area contributed by atoms with Crippen LogP contribution in [0, 0.1) is 11.6 Å². The van der Waals surface area contributed by atoms with Crippen LogP contribution in [0.5, 0.6) is 5.75 Å². The smallest absolute Gasteiger partial charge is 0.263 e. The molecule has 0 aliphatic carbocycles. The Labute approximate surface area is 131 Å². The maximum Gasteiger partial charge on any atom is 0.263 e. The lowest BCUT2D eigenvalue weighted by molar-refractivity contribution is 0.0969. The predicted molar refractivity (Wildman–Crippen MR) is 83.0 cm³/mol. The molecule has 0 aliphatic heterocycles. The molecule has 7 heteroatoms. The maximum atomic E-state index is 13.5. The van der Waals surface area contributed by atoms with Gasteiger partial charge >= 0.3 is 0 Å². The number of anilines is 1. The first kappa shape index (κ1) is 15.8. The van der Waals surface area contributed by atoms with Crippen molar-refractivity contribution in [3.63, 3.8) is 0 Å². The third kappa shape index (κ3) is 3.76. The van der Waals surface area contributed by atoms with E-state index in [4.69, 9.17) is 17.0 Å². The standard InChI is InChI=1S/C15H12F2N2O2S/c1-21-10-7-5-9(6-8-10)18-15(22)19-14(20)13-11(16)3-2-4-12(13)17/h2-8H,1H3,(H2,18,19,20,22). The van der Waals surface area contributed by atoms with E-state index in [0.29, 0.717) is 11.4 Å². The fourth-order valence-corrected chi connectivity index (χ4v) is 1.93. The van der Waals surface area contributed by atoms with Gasteiger partial charge in [-0.15, -0.1) is 0 Å². The molecule has 0 saturated carbocycles. The number of amides is 1. The summed E-state index contributed by atoms with van der Waals surface area (Å²) >= 11 is 4.94. The number of benzene rings is 2. The minimum Gasteiger partial charge on any atom is -0.497 e. The zero-order valence-corrected chi connectivity index (χ0v) is 12.3. The molecule has 0 spiro atoms. The molecule has 4 nitrogen and oxygen atoms in total. The SMILES string of the molecule is COc1ccc(NC(=S)NC(=O)c2c(F)cccc2F)cc1. The summed E-state index contributed by atoms with van der Waals surface area (Å²) in [5.41, 5.74) is -0.0820. The van der Waals surface area contributed by atoms with Crippen LogP contribution in [0.2, 0.25) is 0 Å². The van der Waals surface area contributed by atoms with Gasteiger partial charge in [0, 0.05) is 5.69 Å². The highest BCUT2D eigenvalue weighted by molar-refractivity contribution is 7.80. The second-order valence-corrected chi connectivity index (χ2v) is 4.64. The Bertz CT molecular complexity index is 685. The lowest BCUT2D eigenvalue weighted by atomic mass is 10.2. The number of methoxy groups -OCH3 is 1. The van der Waals surface area contributed by atoms with Crippen LogP contribution in [0.3, 0.4) is 0 Å². The lowest BCUT2D eigenvalue weighted by Crippen LogP contribution is -2.35. The van der Waals surface area contributed by atoms with E-state index in [1.54, 1.807) is 24.3 Å². The van der Waals surface area contributed by atoms with Gasteiger partial charge in [-0.2, -0.15) is 0 Å². The number of nitrogens with one attached hydrogen (secondary N) is 2. The van der Waals surface area contributed by atoms with E-state index in [1.807, 2.05) is 0 Å². The van der Waals surface area contributed by atoms with Crippen LogP contribution in [-0.4, -0.2) is 18.1 Å². The summed E-state index contributed by atoms with van der Waals surface area (Å²) in [6, 6.07) is 9.93. The largest absolute Gasteiger partial charge is 0.497 e. The first-order chi connectivity index (χ1) is 10.5. The number of halogens is 2. The van der Waals surface area contributed by atoms with Gasteiger partial charge in [-0.1, -0.05) is 6.07 Å². The number of hydrogen-bond donors (Lipinski definition) is 2. The molecule has 0 heterocycles. The molecule has 0 fully saturated rings. The normalized spacial score (nSPS) is 9.95. The van der Waals surface area contributed by atoms with Crippen molar-refractivity contribution >= 4 is 28.9 Å². The van der Waals surface area contributed by atoms with E-state index >= 15 is 0 Å². The number of carbonyl (C=O) groups excluding carboxylic acids is 1. The van der Waals surface area contributed by atoms with Crippen LogP contribution in [0.25, 0.3) is 0 Å². The Hall–Kier alpha value is -2.54. The molecule has 0 aromatic heterocycles. The van der Waals surface area contributed by atoms with E-state index in [2.05, 4.69) is 10.6 Å². The molecule has 0 bridgehead atoms. The van der Waals surface area contributed by atoms with Crippen molar-refractivity contribution in [2.24, 2.45) is 0 Å². The van der Waals surface area contributed by atoms with Gasteiger partial charge < -0.3 is 10.1 Å². The Balaban J connectivity index is 2.03. The van der Waals surface area contributed by atoms with E-state index in [1.165, 1.54) is 13.2 Å². The van der Waals surface area contributed by atoms with Crippen molar-refractivity contribution in [2.75, 3.05) is 12.4 Å². The van der Waals surface area contributed by atoms with Crippen LogP contribution < -0.4 is 15.4 Å². The Kier molecular flexibility index (Phi) is 5.00. The predicted octanol–water partition coefficient (Wildman–Crippen LogP) is 3.10. The van der Waals surface area contributed by atoms with Crippen LogP contribution in [0.1, 0.15) is 10.4 Å². The highest BCUT2D eigenvalue weighted by atomic mass is 32.1. The first-order valence-corrected chi connectivity index (χ1v) is 6.62. The molecule has 22 heavy (non-hydrogen) atoms. The van der Waals surface area contributed by atoms with Gasteiger partial charge in [0.15, 0.2) is 5.11 Å². The highest BCUT2D eigenvalue weighted by Crippen LogP contribution is 2.15. The summed E-state index contributed by atoms with van der Waals surface area (Å²) in [6.07, 6.45) is 0. The van der Waals surface area contributed by atoms with Crippen LogP contribution in [0.15, 0.2) is 42.5 Å². The molecule has 1 amide bonds. The molecule has 0 unspecified atom stereocenters. The van der Waals surface area contributed by atoms with Crippen molar-refractivity contribution in [3.8, 4) is 5.75 Å². The van der Waals surface area contributed by atoms with Crippen LogP contribution in [-0.2, 0) is 0 Å². The van der Waals surface area contributed by atoms with Crippen molar-refractivity contribution in [1.29, 1.82) is 0 Å². The third-order valence-corrected chi connectivity index (χ3v) is 2.97. The average Bonchev–Trinajstić information content (AvgIpc) is 2.47. The number of rotatable bonds is 3. The highest BCUT2D eigenvalue weighted by Gasteiger charge is 2.17. The van der Waals surface area contributed by atoms with Gasteiger partial charge in [-0.3, -0.25) is 10.1 Å². The summed E-state index contributed by atoms with van der Waals surface area (Å²) in [4.78, 5) is 11.8. The molecular formula is C15H12F2N2O2S. The molecule has 0 saturated heterocycles. The third-order valence-electron chi connectivity index (χ3n) is 2.76. The van der Waals surface area contributed by atoms with Crippen molar-refractivity contribution in [3.05, 3.63) is 59.7 Å². The summed E-state index contributed by atoms with van der Waals surface area (Å²) in [5, 5.41) is 4.89. The lowest BCUT2D eigenvalue weighted by Gasteiger charge is -2.10. The van der Waals surface area contributed by atoms with Gasteiger partial charge in [-0.05, 0) is 48.6 Å². The van der Waals surface area contributed by atoms with Gasteiger partial charge in [-0.25, -0.2) is 8.78 Å². The molecule has 2 N–H and O–H groups in total. The summed E-state index contributed by atoms with van der Waals surface area (Å²) in [6.45, 7) is 0. The summed E-state index contributed by atoms with van der Waals surface area (Å²) in [5.74, 6) is -2.20. The summed E-state index contributed by atoms with van der Waals surface area (Å²) < 4.78 is 32.0. The van der Waals surface area contributed by atoms with E-state index in [0.717, 1.165) is 12.1 Å². The quantitative estimate of drug-likeness (QED) is 0.853. The van der Waals surface area contributed by atoms with Gasteiger partial charge in [0.05, 0.1) is 7.11 Å². The zero-order valence-electron chi connectivity index (χ0n) is 11.5.